The Labute approximate surface area is 139 Å². The molecule has 1 aromatic heterocycles. The van der Waals surface area contributed by atoms with E-state index in [0.717, 1.165) is 18.4 Å². The molecule has 2 aliphatic rings. The molecule has 1 fully saturated rings. The number of nitrogens with zero attached hydrogens (tertiary/aromatic N) is 2. The van der Waals surface area contributed by atoms with Gasteiger partial charge in [-0.05, 0) is 12.8 Å². The van der Waals surface area contributed by atoms with Gasteiger partial charge in [-0.1, -0.05) is 19.3 Å². The van der Waals surface area contributed by atoms with Crippen LogP contribution in [0, 0.1) is 0 Å². The lowest BCUT2D eigenvalue weighted by Crippen LogP contribution is -2.29. The summed E-state index contributed by atoms with van der Waals surface area (Å²) in [5.74, 6) is 6.16. The van der Waals surface area contributed by atoms with Crippen molar-refractivity contribution in [3.05, 3.63) is 40.0 Å². The number of nitrogens with one attached hydrogen (secondary N) is 1. The van der Waals surface area contributed by atoms with E-state index in [1.807, 2.05) is 0 Å². The first kappa shape index (κ1) is 15.9. The lowest BCUT2D eigenvalue weighted by atomic mass is 9.95. The van der Waals surface area contributed by atoms with E-state index in [0.29, 0.717) is 27.7 Å². The van der Waals surface area contributed by atoms with Gasteiger partial charge < -0.3 is 16.9 Å². The van der Waals surface area contributed by atoms with E-state index in [4.69, 9.17) is 17.3 Å². The zero-order valence-corrected chi connectivity index (χ0v) is 13.7. The van der Waals surface area contributed by atoms with Crippen molar-refractivity contribution in [2.24, 2.45) is 17.3 Å². The number of fused-ring (bicyclic) bond motifs is 1. The Balaban J connectivity index is 2.04. The van der Waals surface area contributed by atoms with Crippen LogP contribution in [0.3, 0.4) is 0 Å². The highest BCUT2D eigenvalue weighted by Crippen LogP contribution is 2.38. The number of hydrogen-bond acceptors (Lipinski definition) is 7. The minimum Gasteiger partial charge on any atom is -0.403 e. The second-order valence-electron chi connectivity index (χ2n) is 5.84. The zero-order chi connectivity index (χ0) is 16.4. The fraction of sp³-hybridized carbons (Fsp3) is 0.467. The summed E-state index contributed by atoms with van der Waals surface area (Å²) in [6.45, 7) is 0. The first-order valence-corrected chi connectivity index (χ1v) is 8.77. The van der Waals surface area contributed by atoms with Crippen LogP contribution in [0.2, 0.25) is 0 Å². The summed E-state index contributed by atoms with van der Waals surface area (Å²) in [6.07, 6.45) is 8.64. The summed E-state index contributed by atoms with van der Waals surface area (Å²) in [5, 5.41) is 0. The van der Waals surface area contributed by atoms with Crippen molar-refractivity contribution in [3.63, 3.8) is 0 Å². The van der Waals surface area contributed by atoms with Crippen molar-refractivity contribution < 1.29 is 0 Å². The van der Waals surface area contributed by atoms with Gasteiger partial charge in [-0.25, -0.2) is 4.98 Å². The molecule has 124 valence electrons. The molecule has 2 heterocycles. The highest BCUT2D eigenvalue weighted by atomic mass is 32.2. The third kappa shape index (κ3) is 2.84. The maximum absolute atomic E-state index is 12.8. The van der Waals surface area contributed by atoms with Crippen LogP contribution in [-0.4, -0.2) is 15.3 Å². The Hall–Kier alpha value is -1.93. The summed E-state index contributed by atoms with van der Waals surface area (Å²) in [4.78, 5) is 18.0. The normalized spacial score (nSPS) is 21.2. The van der Waals surface area contributed by atoms with Gasteiger partial charge in [0.2, 0.25) is 0 Å². The molecular formula is C15H22N6OS. The summed E-state index contributed by atoms with van der Waals surface area (Å²) < 4.78 is 1.80. The molecule has 8 heteroatoms. The number of thioether (sulfide) groups is 1. The highest BCUT2D eigenvalue weighted by Gasteiger charge is 2.28. The maximum atomic E-state index is 12.8. The molecule has 0 saturated heterocycles. The summed E-state index contributed by atoms with van der Waals surface area (Å²) in [6, 6.07) is 0.267. The van der Waals surface area contributed by atoms with Crippen LogP contribution in [0.1, 0.15) is 43.8 Å². The van der Waals surface area contributed by atoms with Gasteiger partial charge in [0.05, 0.1) is 28.3 Å². The number of aromatic nitrogens is 2. The smallest absolute Gasteiger partial charge is 0.267 e. The standard InChI is InChI=1S/C15H22N6OS/c16-6-11(17)12(20-18)10-7-23-14-13(10)19-8-21(15(14)22)9-4-2-1-3-5-9/h6,8-9,20H,1-5,7,16-18H2/b11-6+,12-10-. The van der Waals surface area contributed by atoms with E-state index in [2.05, 4.69) is 10.4 Å². The third-order valence-corrected chi connectivity index (χ3v) is 5.57. The Bertz CT molecular complexity index is 717. The Kier molecular flexibility index (Phi) is 4.63. The van der Waals surface area contributed by atoms with Gasteiger partial charge in [-0.15, -0.1) is 11.8 Å². The lowest BCUT2D eigenvalue weighted by Gasteiger charge is -2.23. The minimum atomic E-state index is 0.0357. The molecule has 0 bridgehead atoms. The van der Waals surface area contributed by atoms with Crippen molar-refractivity contribution in [2.75, 3.05) is 5.75 Å². The van der Waals surface area contributed by atoms with Gasteiger partial charge in [0.15, 0.2) is 0 Å². The van der Waals surface area contributed by atoms with Gasteiger partial charge in [0.1, 0.15) is 0 Å². The highest BCUT2D eigenvalue weighted by molar-refractivity contribution is 8.00. The minimum absolute atomic E-state index is 0.0357. The molecule has 0 atom stereocenters. The van der Waals surface area contributed by atoms with Crippen molar-refractivity contribution in [3.8, 4) is 0 Å². The van der Waals surface area contributed by atoms with Crippen molar-refractivity contribution in [1.82, 2.24) is 15.0 Å². The Morgan fingerprint density at radius 1 is 1.39 bits per heavy atom. The van der Waals surface area contributed by atoms with Gasteiger partial charge in [-0.3, -0.25) is 15.2 Å². The van der Waals surface area contributed by atoms with Crippen LogP contribution in [0.15, 0.2) is 33.6 Å². The molecule has 0 unspecified atom stereocenters. The third-order valence-electron chi connectivity index (χ3n) is 4.48. The molecule has 7 nitrogen and oxygen atoms in total. The fourth-order valence-electron chi connectivity index (χ4n) is 3.25. The first-order chi connectivity index (χ1) is 11.2. The second-order valence-corrected chi connectivity index (χ2v) is 6.82. The van der Waals surface area contributed by atoms with Gasteiger partial charge >= 0.3 is 0 Å². The quantitative estimate of drug-likeness (QED) is 0.475. The molecule has 1 saturated carbocycles. The van der Waals surface area contributed by atoms with Gasteiger partial charge in [-0.2, -0.15) is 0 Å². The number of hydrazine groups is 1. The predicted octanol–water partition coefficient (Wildman–Crippen LogP) is 0.787. The van der Waals surface area contributed by atoms with Gasteiger partial charge in [0, 0.05) is 23.6 Å². The molecule has 23 heavy (non-hydrogen) atoms. The van der Waals surface area contributed by atoms with E-state index < -0.39 is 0 Å². The molecule has 3 rings (SSSR count). The average Bonchev–Trinajstić information content (AvgIpc) is 3.01. The van der Waals surface area contributed by atoms with Crippen LogP contribution in [0.25, 0.3) is 5.57 Å². The van der Waals surface area contributed by atoms with Crippen LogP contribution in [0.4, 0.5) is 0 Å². The van der Waals surface area contributed by atoms with E-state index in [-0.39, 0.29) is 11.6 Å². The number of hydrogen-bond donors (Lipinski definition) is 4. The van der Waals surface area contributed by atoms with Crippen LogP contribution in [-0.2, 0) is 0 Å². The monoisotopic (exact) mass is 334 g/mol. The average molecular weight is 334 g/mol. The molecule has 0 radical (unpaired) electrons. The lowest BCUT2D eigenvalue weighted by molar-refractivity contribution is 0.341. The molecule has 1 aliphatic carbocycles. The Morgan fingerprint density at radius 3 is 2.78 bits per heavy atom. The molecule has 1 aliphatic heterocycles. The molecule has 0 amide bonds. The molecular weight excluding hydrogens is 312 g/mol. The van der Waals surface area contributed by atoms with Crippen LogP contribution >= 0.6 is 11.8 Å². The van der Waals surface area contributed by atoms with E-state index in [1.54, 1.807) is 10.9 Å². The van der Waals surface area contributed by atoms with Crippen molar-refractivity contribution in [2.45, 2.75) is 43.0 Å². The summed E-state index contributed by atoms with van der Waals surface area (Å²) >= 11 is 1.48. The van der Waals surface area contributed by atoms with Crippen molar-refractivity contribution in [1.29, 1.82) is 0 Å². The first-order valence-electron chi connectivity index (χ1n) is 7.79. The number of rotatable bonds is 3. The van der Waals surface area contributed by atoms with Crippen LogP contribution in [0.5, 0.6) is 0 Å². The van der Waals surface area contributed by atoms with E-state index in [9.17, 15) is 4.79 Å². The van der Waals surface area contributed by atoms with Crippen LogP contribution < -0.4 is 28.3 Å². The van der Waals surface area contributed by atoms with E-state index >= 15 is 0 Å². The second kappa shape index (κ2) is 6.67. The predicted molar refractivity (Wildman–Crippen MR) is 92.0 cm³/mol. The molecule has 7 N–H and O–H groups in total. The SMILES string of the molecule is N/C=C(N)\C(NN)=C1/CSc2c1ncn(C1CCCCC1)c2=O. The number of nitrogens with two attached hydrogens (primary N) is 3. The largest absolute Gasteiger partial charge is 0.403 e. The topological polar surface area (TPSA) is 125 Å². The molecule has 0 aromatic carbocycles. The molecule has 0 spiro atoms. The summed E-state index contributed by atoms with van der Waals surface area (Å²) in [5.41, 5.74) is 16.3. The molecule has 1 aromatic rings. The zero-order valence-electron chi connectivity index (χ0n) is 12.9. The Morgan fingerprint density at radius 2 is 2.13 bits per heavy atom. The maximum Gasteiger partial charge on any atom is 0.267 e. The van der Waals surface area contributed by atoms with Crippen molar-refractivity contribution >= 4 is 17.3 Å². The summed E-state index contributed by atoms with van der Waals surface area (Å²) in [7, 11) is 0. The van der Waals surface area contributed by atoms with E-state index in [1.165, 1.54) is 37.2 Å². The fourth-order valence-corrected chi connectivity index (χ4v) is 4.36. The van der Waals surface area contributed by atoms with Gasteiger partial charge in [0.25, 0.3) is 5.56 Å².